The summed E-state index contributed by atoms with van der Waals surface area (Å²) in [5, 5.41) is 29.7. The van der Waals surface area contributed by atoms with Crippen LogP contribution in [0.3, 0.4) is 0 Å². The summed E-state index contributed by atoms with van der Waals surface area (Å²) < 4.78 is 55.4. The van der Waals surface area contributed by atoms with E-state index in [4.69, 9.17) is 9.79 Å². The van der Waals surface area contributed by atoms with Crippen LogP contribution in [0.5, 0.6) is 5.75 Å². The van der Waals surface area contributed by atoms with Crippen molar-refractivity contribution < 1.29 is 56.0 Å². The van der Waals surface area contributed by atoms with Gasteiger partial charge in [0.15, 0.2) is 0 Å². The average Bonchev–Trinajstić information content (AvgIpc) is 2.94. The molecule has 15 nitrogen and oxygen atoms in total. The van der Waals surface area contributed by atoms with E-state index in [2.05, 4.69) is 10.6 Å². The molecule has 0 aromatic heterocycles. The van der Waals surface area contributed by atoms with Gasteiger partial charge >= 0.3 is 30.9 Å². The number of amides is 5. The first-order valence-corrected chi connectivity index (χ1v) is 14.1. The van der Waals surface area contributed by atoms with Gasteiger partial charge < -0.3 is 30.3 Å². The number of fused-ring (bicyclic) bond motifs is 1. The second kappa shape index (κ2) is 12.3. The molecule has 2 heterocycles. The number of hydrogen-bond donors (Lipinski definition) is 5. The molecule has 0 bridgehead atoms. The minimum atomic E-state index is -4.13. The molecule has 4 rings (SSSR count). The summed E-state index contributed by atoms with van der Waals surface area (Å²) >= 11 is 0. The van der Waals surface area contributed by atoms with Crippen molar-refractivity contribution in [3.63, 3.8) is 0 Å². The first-order valence-electron chi connectivity index (χ1n) is 12.5. The Hall–Kier alpha value is -4.62. The molecule has 43 heavy (non-hydrogen) atoms. The topological polar surface area (TPSA) is 226 Å². The number of nitrogens with zero attached hydrogens (tertiary/aromatic N) is 2. The molecule has 5 amide bonds. The number of alkyl halides is 1. The minimum Gasteiger partial charge on any atom is -0.534 e. The number of benzene rings is 2. The number of sulfonamides is 1. The highest BCUT2D eigenvalue weighted by molar-refractivity contribution is 7.89. The molecule has 1 fully saturated rings. The third-order valence-corrected chi connectivity index (χ3v) is 7.66. The monoisotopic (exact) mass is 623 g/mol. The molecule has 19 heteroatoms. The molecular formula is C24H24BF2N5O10S. The van der Waals surface area contributed by atoms with Crippen LogP contribution in [0.1, 0.15) is 27.5 Å². The number of carbonyl (C=O) groups excluding carboxylic acids is 4. The Bertz CT molecular complexity index is 1590. The Balaban J connectivity index is 1.59. The fourth-order valence-electron chi connectivity index (χ4n) is 4.56. The summed E-state index contributed by atoms with van der Waals surface area (Å²) in [6.07, 6.45) is -0.225. The van der Waals surface area contributed by atoms with E-state index >= 15 is 0 Å². The number of nitrogens with one attached hydrogen (secondary N) is 2. The fourth-order valence-corrected chi connectivity index (χ4v) is 5.08. The van der Waals surface area contributed by atoms with Crippen molar-refractivity contribution in [2.24, 2.45) is 5.14 Å². The number of halogens is 2. The molecule has 228 valence electrons. The van der Waals surface area contributed by atoms with Crippen molar-refractivity contribution in [3.05, 3.63) is 58.9 Å². The molecule has 2 aromatic rings. The lowest BCUT2D eigenvalue weighted by Gasteiger charge is -2.33. The Labute approximate surface area is 242 Å². The van der Waals surface area contributed by atoms with Crippen molar-refractivity contribution in [2.45, 2.75) is 23.3 Å². The van der Waals surface area contributed by atoms with E-state index in [0.717, 1.165) is 35.2 Å². The molecule has 1 unspecified atom stereocenters. The lowest BCUT2D eigenvalue weighted by Crippen LogP contribution is -2.60. The van der Waals surface area contributed by atoms with Crippen LogP contribution in [0.25, 0.3) is 0 Å². The van der Waals surface area contributed by atoms with Crippen LogP contribution in [0.4, 0.5) is 13.6 Å². The van der Waals surface area contributed by atoms with Crippen LogP contribution in [0.2, 0.25) is 0 Å². The van der Waals surface area contributed by atoms with Crippen LogP contribution >= 0.6 is 0 Å². The number of aromatic carboxylic acids is 1. The third-order valence-electron chi connectivity index (χ3n) is 6.73. The van der Waals surface area contributed by atoms with Crippen molar-refractivity contribution in [1.82, 2.24) is 20.4 Å². The van der Waals surface area contributed by atoms with Crippen LogP contribution in [0, 0.1) is 5.82 Å². The van der Waals surface area contributed by atoms with E-state index < -0.39 is 82.7 Å². The number of imide groups is 1. The van der Waals surface area contributed by atoms with Crippen molar-refractivity contribution in [1.29, 1.82) is 0 Å². The molecule has 0 aliphatic carbocycles. The first-order chi connectivity index (χ1) is 20.2. The largest absolute Gasteiger partial charge is 0.547 e. The molecule has 2 aliphatic heterocycles. The molecular weight excluding hydrogens is 599 g/mol. The highest BCUT2D eigenvalue weighted by Crippen LogP contribution is 2.32. The lowest BCUT2D eigenvalue weighted by molar-refractivity contribution is -0.153. The number of carboxylic acid groups (broad SMARTS) is 1. The van der Waals surface area contributed by atoms with Crippen molar-refractivity contribution in [2.75, 3.05) is 26.3 Å². The number of urea groups is 1. The summed E-state index contributed by atoms with van der Waals surface area (Å²) in [6.45, 7) is -1.73. The summed E-state index contributed by atoms with van der Waals surface area (Å²) in [4.78, 5) is 64.0. The van der Waals surface area contributed by atoms with Gasteiger partial charge in [-0.1, -0.05) is 18.2 Å². The first kappa shape index (κ1) is 31.3. The lowest BCUT2D eigenvalue weighted by atomic mass is 9.72. The van der Waals surface area contributed by atoms with Gasteiger partial charge in [-0.3, -0.25) is 19.3 Å². The fraction of sp³-hybridized carbons (Fsp3) is 0.292. The van der Waals surface area contributed by atoms with Gasteiger partial charge in [-0.25, -0.2) is 31.9 Å². The predicted octanol–water partition coefficient (Wildman–Crippen LogP) is -1.30. The maximum atomic E-state index is 14.1. The number of carbonyl (C=O) groups is 5. The van der Waals surface area contributed by atoms with Crippen LogP contribution in [-0.4, -0.2) is 97.4 Å². The standard InChI is InChI=1S/C24H24BF2N5O10S/c26-7-8-31-9-10-32(22(35)21(31)34)24(38)30-18(12-1-4-14(5-2-12)43(28,40)41)20(33)29-16-11-13-3-6-15(27)17(23(36)37)19(13)42-25(16)39/h1-6,16,18,39H,7-11H2,(H,29,33)(H,30,38)(H,36,37)(H2,28,40,41)/t16-,18?/m0/s1. The normalized spacial score (nSPS) is 17.6. The summed E-state index contributed by atoms with van der Waals surface area (Å²) in [5.41, 5.74) is -0.676. The van der Waals surface area contributed by atoms with E-state index in [1.54, 1.807) is 0 Å². The smallest absolute Gasteiger partial charge is 0.534 e. The van der Waals surface area contributed by atoms with Crippen LogP contribution in [-0.2, 0) is 30.8 Å². The Morgan fingerprint density at radius 3 is 2.40 bits per heavy atom. The third kappa shape index (κ3) is 6.57. The number of rotatable bonds is 8. The number of carboxylic acids is 1. The number of nitrogens with two attached hydrogens (primary N) is 1. The molecule has 6 N–H and O–H groups in total. The van der Waals surface area contributed by atoms with Gasteiger partial charge in [0.05, 0.1) is 10.8 Å². The van der Waals surface area contributed by atoms with Gasteiger partial charge in [0, 0.05) is 19.6 Å². The Kier molecular flexibility index (Phi) is 8.97. The zero-order chi connectivity index (χ0) is 31.6. The van der Waals surface area contributed by atoms with Crippen LogP contribution in [0.15, 0.2) is 41.3 Å². The zero-order valence-electron chi connectivity index (χ0n) is 22.0. The summed E-state index contributed by atoms with van der Waals surface area (Å²) in [7, 11) is -5.99. The molecule has 2 aliphatic rings. The summed E-state index contributed by atoms with van der Waals surface area (Å²) in [5.74, 6) is -7.82. The Morgan fingerprint density at radius 2 is 1.79 bits per heavy atom. The van der Waals surface area contributed by atoms with Gasteiger partial charge in [0.25, 0.3) is 0 Å². The van der Waals surface area contributed by atoms with Crippen molar-refractivity contribution >= 4 is 46.9 Å². The van der Waals surface area contributed by atoms with Crippen molar-refractivity contribution in [3.8, 4) is 5.75 Å². The Morgan fingerprint density at radius 1 is 1.12 bits per heavy atom. The SMILES string of the molecule is NS(=O)(=O)c1ccc(C(NC(=O)N2CCN(CCF)C(=O)C2=O)C(=O)N[C@H]2Cc3ccc(F)c(C(=O)O)c3OB2O)cc1. The number of hydrogen-bond acceptors (Lipinski definition) is 9. The van der Waals surface area contributed by atoms with Gasteiger partial charge in [0.1, 0.15) is 29.8 Å². The zero-order valence-corrected chi connectivity index (χ0v) is 22.8. The highest BCUT2D eigenvalue weighted by atomic mass is 32.2. The van der Waals surface area contributed by atoms with Gasteiger partial charge in [0.2, 0.25) is 15.9 Å². The maximum absolute atomic E-state index is 14.1. The summed E-state index contributed by atoms with van der Waals surface area (Å²) in [6, 6.07) is 3.67. The quantitative estimate of drug-likeness (QED) is 0.173. The molecule has 2 atom stereocenters. The average molecular weight is 623 g/mol. The second-order valence-corrected chi connectivity index (χ2v) is 11.0. The van der Waals surface area contributed by atoms with E-state index in [1.165, 1.54) is 6.07 Å². The number of primary sulfonamides is 1. The highest BCUT2D eigenvalue weighted by Gasteiger charge is 2.41. The van der Waals surface area contributed by atoms with Gasteiger partial charge in [-0.2, -0.15) is 0 Å². The van der Waals surface area contributed by atoms with Gasteiger partial charge in [-0.15, -0.1) is 0 Å². The van der Waals surface area contributed by atoms with E-state index in [1.807, 2.05) is 0 Å². The number of piperazine rings is 1. The minimum absolute atomic E-state index is 0.00468. The van der Waals surface area contributed by atoms with E-state index in [-0.39, 0.29) is 42.1 Å². The molecule has 0 saturated carbocycles. The van der Waals surface area contributed by atoms with Crippen LogP contribution < -0.4 is 20.4 Å². The molecule has 1 saturated heterocycles. The van der Waals surface area contributed by atoms with E-state index in [0.29, 0.717) is 4.90 Å². The molecule has 0 radical (unpaired) electrons. The predicted molar refractivity (Wildman–Crippen MR) is 141 cm³/mol. The van der Waals surface area contributed by atoms with Gasteiger partial charge in [-0.05, 0) is 35.7 Å². The molecule has 0 spiro atoms. The second-order valence-electron chi connectivity index (χ2n) is 9.48. The maximum Gasteiger partial charge on any atom is 0.547 e. The van der Waals surface area contributed by atoms with E-state index in [9.17, 15) is 51.3 Å². The molecule has 2 aromatic carbocycles.